The summed E-state index contributed by atoms with van der Waals surface area (Å²) in [7, 11) is -3.55. The van der Waals surface area contributed by atoms with E-state index in [-0.39, 0.29) is 47.7 Å². The van der Waals surface area contributed by atoms with E-state index in [2.05, 4.69) is 5.32 Å². The molecule has 2 saturated heterocycles. The zero-order valence-electron chi connectivity index (χ0n) is 22.0. The number of nitrogens with one attached hydrogen (secondary N) is 1. The number of halogens is 5. The van der Waals surface area contributed by atoms with E-state index in [4.69, 9.17) is 0 Å². The average molecular weight is 598 g/mol. The van der Waals surface area contributed by atoms with E-state index in [1.54, 1.807) is 0 Å². The lowest BCUT2D eigenvalue weighted by Gasteiger charge is -2.43. The van der Waals surface area contributed by atoms with Gasteiger partial charge >= 0.3 is 6.18 Å². The van der Waals surface area contributed by atoms with Crippen molar-refractivity contribution in [3.63, 3.8) is 0 Å². The van der Waals surface area contributed by atoms with Crippen LogP contribution in [0.3, 0.4) is 0 Å². The maximum Gasteiger partial charge on any atom is 0.416 e. The van der Waals surface area contributed by atoms with Crippen LogP contribution < -0.4 is 5.32 Å². The second-order valence-corrected chi connectivity index (χ2v) is 13.6. The second-order valence-electron chi connectivity index (χ2n) is 11.7. The van der Waals surface area contributed by atoms with Crippen molar-refractivity contribution in [3.05, 3.63) is 70.5 Å². The van der Waals surface area contributed by atoms with Gasteiger partial charge in [0.1, 0.15) is 11.9 Å². The van der Waals surface area contributed by atoms with Gasteiger partial charge in [-0.25, -0.2) is 17.2 Å². The molecule has 0 aromatic heterocycles. The fourth-order valence-corrected chi connectivity index (χ4v) is 6.95. The van der Waals surface area contributed by atoms with E-state index in [9.17, 15) is 35.6 Å². The molecule has 4 aliphatic rings. The molecule has 0 bridgehead atoms. The number of carbonyl (C=O) groups is 2. The van der Waals surface area contributed by atoms with Gasteiger partial charge in [-0.15, -0.1) is 0 Å². The minimum absolute atomic E-state index is 0.0283. The Bertz CT molecular complexity index is 1520. The van der Waals surface area contributed by atoms with Crippen molar-refractivity contribution in [2.24, 2.45) is 11.8 Å². The molecule has 1 N–H and O–H groups in total. The van der Waals surface area contributed by atoms with Crippen LogP contribution in [0.4, 0.5) is 22.0 Å². The summed E-state index contributed by atoms with van der Waals surface area (Å²) in [6.07, 6.45) is -1.24. The smallest absolute Gasteiger partial charge is 0.347 e. The number of benzene rings is 2. The van der Waals surface area contributed by atoms with Crippen molar-refractivity contribution in [2.45, 2.75) is 55.7 Å². The number of fused-ring (bicyclic) bond motifs is 1. The van der Waals surface area contributed by atoms with Gasteiger partial charge in [-0.05, 0) is 67.3 Å². The highest BCUT2D eigenvalue weighted by atomic mass is 32.2. The highest BCUT2D eigenvalue weighted by Crippen LogP contribution is 2.49. The van der Waals surface area contributed by atoms with Crippen LogP contribution in [0.25, 0.3) is 0 Å². The summed E-state index contributed by atoms with van der Waals surface area (Å²) < 4.78 is 93.8. The number of alkyl halides is 4. The van der Waals surface area contributed by atoms with Gasteiger partial charge in [0.15, 0.2) is 5.67 Å². The molecule has 2 aromatic carbocycles. The molecule has 13 heteroatoms. The SMILES string of the molecule is CS(=O)(=O)N1CC(F)(c2cccc(C(=O)N3[C@@H](C(=O)N[C@@H](c4ccc(C(F)(F)F)cc4F)C4CC4)C[C@H]4C[C@H]43)c2)C1. The number of hydrogen-bond acceptors (Lipinski definition) is 4. The fourth-order valence-electron chi connectivity index (χ4n) is 6.08. The first-order chi connectivity index (χ1) is 19.2. The standard InChI is InChI=1S/C28H28F5N3O4S/c1-41(39,40)35-13-27(30,14-35)18-4-2-3-16(9-18)26(38)36-22-10-17(22)11-23(36)25(37)34-24(15-5-6-15)20-8-7-19(12-21(20)29)28(31,32)33/h2-4,7-9,12,15,17,22-24H,5-6,10-11,13-14H2,1H3,(H,34,37)/t17-,22-,23-,24-/m1/s1. The molecule has 4 atom stereocenters. The van der Waals surface area contributed by atoms with E-state index in [0.717, 1.165) is 22.7 Å². The molecule has 2 aliphatic heterocycles. The summed E-state index contributed by atoms with van der Waals surface area (Å²) in [4.78, 5) is 28.6. The molecule has 6 rings (SSSR count). The van der Waals surface area contributed by atoms with E-state index < -0.39 is 57.1 Å². The van der Waals surface area contributed by atoms with Gasteiger partial charge < -0.3 is 10.2 Å². The number of rotatable bonds is 7. The molecule has 4 fully saturated rings. The molecular weight excluding hydrogens is 569 g/mol. The maximum atomic E-state index is 15.5. The zero-order chi connectivity index (χ0) is 29.5. The lowest BCUT2D eigenvalue weighted by molar-refractivity contribution is -0.137. The predicted octanol–water partition coefficient (Wildman–Crippen LogP) is 4.16. The number of nitrogens with zero attached hydrogens (tertiary/aromatic N) is 2. The third kappa shape index (κ3) is 5.22. The number of piperidine rings is 1. The average Bonchev–Trinajstić information content (AvgIpc) is 3.82. The number of hydrogen-bond donors (Lipinski definition) is 1. The summed E-state index contributed by atoms with van der Waals surface area (Å²) in [6.45, 7) is -0.710. The summed E-state index contributed by atoms with van der Waals surface area (Å²) in [5.74, 6) is -2.05. The van der Waals surface area contributed by atoms with Crippen molar-refractivity contribution in [2.75, 3.05) is 19.3 Å². The molecule has 2 aliphatic carbocycles. The summed E-state index contributed by atoms with van der Waals surface area (Å²) >= 11 is 0. The molecule has 2 aromatic rings. The van der Waals surface area contributed by atoms with Crippen molar-refractivity contribution in [1.29, 1.82) is 0 Å². The first kappa shape index (κ1) is 28.1. The van der Waals surface area contributed by atoms with Gasteiger partial charge in [0.2, 0.25) is 15.9 Å². The summed E-state index contributed by atoms with van der Waals surface area (Å²) in [5.41, 5.74) is -2.75. The number of amides is 2. The monoisotopic (exact) mass is 597 g/mol. The second kappa shape index (κ2) is 9.48. The van der Waals surface area contributed by atoms with Gasteiger partial charge in [0, 0.05) is 17.2 Å². The molecule has 0 radical (unpaired) electrons. The minimum atomic E-state index is -4.70. The molecule has 7 nitrogen and oxygen atoms in total. The van der Waals surface area contributed by atoms with Crippen LogP contribution in [0.5, 0.6) is 0 Å². The highest BCUT2D eigenvalue weighted by Gasteiger charge is 2.57. The van der Waals surface area contributed by atoms with Crippen molar-refractivity contribution >= 4 is 21.8 Å². The van der Waals surface area contributed by atoms with E-state index in [0.29, 0.717) is 31.7 Å². The highest BCUT2D eigenvalue weighted by molar-refractivity contribution is 7.88. The van der Waals surface area contributed by atoms with Gasteiger partial charge in [-0.2, -0.15) is 17.5 Å². The quantitative estimate of drug-likeness (QED) is 0.486. The molecule has 0 spiro atoms. The van der Waals surface area contributed by atoms with Gasteiger partial charge in [-0.1, -0.05) is 18.2 Å². The molecule has 41 heavy (non-hydrogen) atoms. The minimum Gasteiger partial charge on any atom is -0.347 e. The maximum absolute atomic E-state index is 15.5. The predicted molar refractivity (Wildman–Crippen MR) is 137 cm³/mol. The topological polar surface area (TPSA) is 86.8 Å². The van der Waals surface area contributed by atoms with Crippen LogP contribution in [0.15, 0.2) is 42.5 Å². The normalized spacial score (nSPS) is 26.2. The van der Waals surface area contributed by atoms with Crippen LogP contribution >= 0.6 is 0 Å². The Morgan fingerprint density at radius 3 is 2.39 bits per heavy atom. The van der Waals surface area contributed by atoms with Gasteiger partial charge in [0.25, 0.3) is 5.91 Å². The summed E-state index contributed by atoms with van der Waals surface area (Å²) in [6, 6.07) is 6.31. The van der Waals surface area contributed by atoms with Crippen molar-refractivity contribution in [1.82, 2.24) is 14.5 Å². The van der Waals surface area contributed by atoms with Crippen LogP contribution in [0, 0.1) is 17.7 Å². The molecule has 2 saturated carbocycles. The fraction of sp³-hybridized carbons (Fsp3) is 0.500. The Kier molecular flexibility index (Phi) is 6.49. The Hall–Kier alpha value is -3.06. The third-order valence-electron chi connectivity index (χ3n) is 8.65. The molecule has 0 unspecified atom stereocenters. The molecule has 2 amide bonds. The van der Waals surface area contributed by atoms with E-state index >= 15 is 4.39 Å². The van der Waals surface area contributed by atoms with E-state index in [1.807, 2.05) is 0 Å². The van der Waals surface area contributed by atoms with Crippen molar-refractivity contribution < 1.29 is 40.0 Å². The Balaban J connectivity index is 1.20. The Morgan fingerprint density at radius 2 is 1.78 bits per heavy atom. The lowest BCUT2D eigenvalue weighted by atomic mass is 9.89. The molecule has 220 valence electrons. The van der Waals surface area contributed by atoms with Gasteiger partial charge in [0.05, 0.1) is 31.0 Å². The zero-order valence-corrected chi connectivity index (χ0v) is 22.8. The first-order valence-electron chi connectivity index (χ1n) is 13.4. The molecule has 2 heterocycles. The van der Waals surface area contributed by atoms with Crippen LogP contribution in [0.2, 0.25) is 0 Å². The Morgan fingerprint density at radius 1 is 1.07 bits per heavy atom. The summed E-state index contributed by atoms with van der Waals surface area (Å²) in [5, 5.41) is 2.81. The number of sulfonamides is 1. The van der Waals surface area contributed by atoms with Crippen molar-refractivity contribution in [3.8, 4) is 0 Å². The molecular formula is C28H28F5N3O4S. The number of likely N-dealkylation sites (tertiary alicyclic amines) is 1. The van der Waals surface area contributed by atoms with Crippen LogP contribution in [-0.4, -0.2) is 60.9 Å². The third-order valence-corrected chi connectivity index (χ3v) is 9.84. The largest absolute Gasteiger partial charge is 0.416 e. The Labute approximate surface area is 233 Å². The first-order valence-corrected chi connectivity index (χ1v) is 15.2. The number of carbonyl (C=O) groups excluding carboxylic acids is 2. The van der Waals surface area contributed by atoms with Crippen LogP contribution in [-0.2, 0) is 26.7 Å². The lowest BCUT2D eigenvalue weighted by Crippen LogP contribution is -2.58. The van der Waals surface area contributed by atoms with Crippen LogP contribution in [0.1, 0.15) is 58.8 Å². The van der Waals surface area contributed by atoms with E-state index in [1.165, 1.54) is 29.2 Å². The van der Waals surface area contributed by atoms with Gasteiger partial charge in [-0.3, -0.25) is 9.59 Å².